The third-order valence-electron chi connectivity index (χ3n) is 2.30. The number of carbonyl (C=O) groups is 1. The Balaban J connectivity index is 2.72. The Bertz CT molecular complexity index is 286. The number of esters is 1. The number of hydrogen-bond acceptors (Lipinski definition) is 4. The maximum Gasteiger partial charge on any atom is 0.315 e. The van der Waals surface area contributed by atoms with Gasteiger partial charge in [-0.25, -0.2) is 0 Å². The van der Waals surface area contributed by atoms with E-state index in [0.29, 0.717) is 0 Å². The monoisotopic (exact) mass is 228 g/mol. The van der Waals surface area contributed by atoms with Crippen LogP contribution in [0.15, 0.2) is 12.3 Å². The lowest BCUT2D eigenvalue weighted by Crippen LogP contribution is -2.43. The van der Waals surface area contributed by atoms with E-state index in [0.717, 1.165) is 0 Å². The minimum Gasteiger partial charge on any atom is -0.475 e. The molecule has 1 unspecified atom stereocenters. The van der Waals surface area contributed by atoms with Gasteiger partial charge in [0.1, 0.15) is 5.60 Å². The summed E-state index contributed by atoms with van der Waals surface area (Å²) in [5.74, 6) is -0.267. The Morgan fingerprint density at radius 3 is 2.38 bits per heavy atom. The zero-order valence-corrected chi connectivity index (χ0v) is 10.6. The number of rotatable bonds is 2. The van der Waals surface area contributed by atoms with Gasteiger partial charge in [-0.2, -0.15) is 0 Å². The average molecular weight is 228 g/mol. The molecule has 1 atom stereocenters. The number of carbonyl (C=O) groups excluding carboxylic acids is 1. The molecule has 1 aliphatic heterocycles. The molecule has 1 aliphatic rings. The van der Waals surface area contributed by atoms with Crippen LogP contribution in [-0.2, 0) is 19.0 Å². The number of ether oxygens (including phenoxy) is 3. The molecule has 16 heavy (non-hydrogen) atoms. The molecule has 0 aliphatic carbocycles. The third kappa shape index (κ3) is 3.23. The first-order valence-corrected chi connectivity index (χ1v) is 5.37. The van der Waals surface area contributed by atoms with Crippen molar-refractivity contribution in [3.05, 3.63) is 12.3 Å². The molecule has 1 rings (SSSR count). The zero-order valence-electron chi connectivity index (χ0n) is 10.6. The molecular weight excluding hydrogens is 208 g/mol. The van der Waals surface area contributed by atoms with E-state index in [9.17, 15) is 4.79 Å². The lowest BCUT2D eigenvalue weighted by Gasteiger charge is -2.34. The second-order valence-electron chi connectivity index (χ2n) is 5.42. The lowest BCUT2D eigenvalue weighted by atomic mass is 9.86. The fraction of sp³-hybridized carbons (Fsp3) is 0.750. The van der Waals surface area contributed by atoms with E-state index in [-0.39, 0.29) is 18.9 Å². The summed E-state index contributed by atoms with van der Waals surface area (Å²) in [5.41, 5.74) is -1.20. The van der Waals surface area contributed by atoms with E-state index >= 15 is 0 Å². The first-order valence-electron chi connectivity index (χ1n) is 5.37. The van der Waals surface area contributed by atoms with E-state index in [1.807, 2.05) is 20.8 Å². The Morgan fingerprint density at radius 2 is 1.94 bits per heavy atom. The van der Waals surface area contributed by atoms with E-state index in [2.05, 4.69) is 0 Å². The fourth-order valence-corrected chi connectivity index (χ4v) is 1.31. The smallest absolute Gasteiger partial charge is 0.315 e. The summed E-state index contributed by atoms with van der Waals surface area (Å²) in [7, 11) is 0. The van der Waals surface area contributed by atoms with Gasteiger partial charge in [-0.15, -0.1) is 0 Å². The van der Waals surface area contributed by atoms with Crippen molar-refractivity contribution in [2.24, 2.45) is 5.41 Å². The largest absolute Gasteiger partial charge is 0.475 e. The minimum atomic E-state index is -0.715. The van der Waals surface area contributed by atoms with Crippen molar-refractivity contribution < 1.29 is 19.0 Å². The van der Waals surface area contributed by atoms with Gasteiger partial charge in [-0.05, 0) is 40.7 Å². The maximum absolute atomic E-state index is 12.0. The molecule has 0 aromatic heterocycles. The van der Waals surface area contributed by atoms with Crippen molar-refractivity contribution in [3.63, 3.8) is 0 Å². The van der Waals surface area contributed by atoms with Crippen molar-refractivity contribution in [2.75, 3.05) is 6.79 Å². The van der Waals surface area contributed by atoms with Crippen LogP contribution in [0.25, 0.3) is 0 Å². The Kier molecular flexibility index (Phi) is 3.63. The van der Waals surface area contributed by atoms with Crippen molar-refractivity contribution in [1.29, 1.82) is 0 Å². The topological polar surface area (TPSA) is 44.8 Å². The molecule has 1 heterocycles. The van der Waals surface area contributed by atoms with Crippen LogP contribution in [0.5, 0.6) is 0 Å². The van der Waals surface area contributed by atoms with Gasteiger partial charge in [0.25, 0.3) is 0 Å². The predicted octanol–water partition coefficient (Wildman–Crippen LogP) is 2.24. The summed E-state index contributed by atoms with van der Waals surface area (Å²) in [6, 6.07) is 0. The molecule has 4 heteroatoms. The van der Waals surface area contributed by atoms with Crippen molar-refractivity contribution in [3.8, 4) is 0 Å². The third-order valence-corrected chi connectivity index (χ3v) is 2.30. The van der Waals surface area contributed by atoms with Gasteiger partial charge < -0.3 is 14.2 Å². The summed E-state index contributed by atoms with van der Waals surface area (Å²) in [4.78, 5) is 12.0. The SMILES string of the molecule is CC(C)(C)OC(=O)C(C)(C)C1C=COCO1. The fourth-order valence-electron chi connectivity index (χ4n) is 1.31. The molecule has 0 saturated heterocycles. The summed E-state index contributed by atoms with van der Waals surface area (Å²) in [6.45, 7) is 9.33. The summed E-state index contributed by atoms with van der Waals surface area (Å²) in [6.07, 6.45) is 2.98. The average Bonchev–Trinajstić information content (AvgIpc) is 2.16. The molecule has 92 valence electrons. The zero-order chi connectivity index (χ0) is 12.4. The van der Waals surface area contributed by atoms with Gasteiger partial charge in [0.2, 0.25) is 0 Å². The highest BCUT2D eigenvalue weighted by atomic mass is 16.7. The quantitative estimate of drug-likeness (QED) is 0.680. The highest BCUT2D eigenvalue weighted by molar-refractivity contribution is 5.77. The summed E-state index contributed by atoms with van der Waals surface area (Å²) in [5, 5.41) is 0. The Morgan fingerprint density at radius 1 is 1.31 bits per heavy atom. The van der Waals surface area contributed by atoms with E-state index in [1.54, 1.807) is 26.2 Å². The molecule has 0 bridgehead atoms. The van der Waals surface area contributed by atoms with Crippen LogP contribution in [0.4, 0.5) is 0 Å². The van der Waals surface area contributed by atoms with E-state index < -0.39 is 11.0 Å². The maximum atomic E-state index is 12.0. The predicted molar refractivity (Wildman–Crippen MR) is 59.6 cm³/mol. The van der Waals surface area contributed by atoms with Crippen LogP contribution in [0.2, 0.25) is 0 Å². The van der Waals surface area contributed by atoms with Gasteiger partial charge >= 0.3 is 5.97 Å². The van der Waals surface area contributed by atoms with E-state index in [4.69, 9.17) is 14.2 Å². The van der Waals surface area contributed by atoms with Crippen molar-refractivity contribution in [1.82, 2.24) is 0 Å². The summed E-state index contributed by atoms with van der Waals surface area (Å²) >= 11 is 0. The van der Waals surface area contributed by atoms with Gasteiger partial charge in [0.05, 0.1) is 17.8 Å². The first-order chi connectivity index (χ1) is 7.23. The molecule has 0 amide bonds. The van der Waals surface area contributed by atoms with E-state index in [1.165, 1.54) is 0 Å². The van der Waals surface area contributed by atoms with Gasteiger partial charge in [0, 0.05) is 0 Å². The normalized spacial score (nSPS) is 21.4. The van der Waals surface area contributed by atoms with Gasteiger partial charge in [-0.1, -0.05) is 0 Å². The van der Waals surface area contributed by atoms with Gasteiger partial charge in [-0.3, -0.25) is 4.79 Å². The second kappa shape index (κ2) is 4.45. The minimum absolute atomic E-state index is 0.174. The van der Waals surface area contributed by atoms with Gasteiger partial charge in [0.15, 0.2) is 6.79 Å². The van der Waals surface area contributed by atoms with Crippen LogP contribution in [0.1, 0.15) is 34.6 Å². The summed E-state index contributed by atoms with van der Waals surface area (Å²) < 4.78 is 15.7. The highest BCUT2D eigenvalue weighted by Crippen LogP contribution is 2.29. The molecule has 0 aromatic rings. The standard InChI is InChI=1S/C12H20O4/c1-11(2,3)16-10(13)12(4,5)9-6-7-14-8-15-9/h6-7,9H,8H2,1-5H3. The Labute approximate surface area is 96.6 Å². The second-order valence-corrected chi connectivity index (χ2v) is 5.42. The first kappa shape index (κ1) is 13.0. The lowest BCUT2D eigenvalue weighted by molar-refractivity contribution is -0.178. The van der Waals surface area contributed by atoms with Crippen LogP contribution in [-0.4, -0.2) is 24.5 Å². The molecule has 0 fully saturated rings. The molecule has 0 saturated carbocycles. The van der Waals surface area contributed by atoms with Crippen LogP contribution < -0.4 is 0 Å². The molecular formula is C12H20O4. The highest BCUT2D eigenvalue weighted by Gasteiger charge is 2.40. The Hall–Kier alpha value is -1.03. The molecule has 0 spiro atoms. The van der Waals surface area contributed by atoms with Crippen molar-refractivity contribution >= 4 is 5.97 Å². The van der Waals surface area contributed by atoms with Crippen molar-refractivity contribution in [2.45, 2.75) is 46.3 Å². The number of hydrogen-bond donors (Lipinski definition) is 0. The molecule has 0 aromatic carbocycles. The van der Waals surface area contributed by atoms with Crippen LogP contribution in [0, 0.1) is 5.41 Å². The molecule has 0 N–H and O–H groups in total. The molecule has 4 nitrogen and oxygen atoms in total. The van der Waals surface area contributed by atoms with Crippen LogP contribution in [0.3, 0.4) is 0 Å². The molecule has 0 radical (unpaired) electrons. The van der Waals surface area contributed by atoms with Crippen LogP contribution >= 0.6 is 0 Å².